The molecule has 3 nitrogen and oxygen atoms in total. The highest BCUT2D eigenvalue weighted by Gasteiger charge is 2.11. The molecule has 0 aliphatic rings. The Morgan fingerprint density at radius 1 is 1.28 bits per heavy atom. The second kappa shape index (κ2) is 5.45. The molecule has 0 spiro atoms. The maximum Gasteiger partial charge on any atom is 0.169 e. The Kier molecular flexibility index (Phi) is 3.72. The van der Waals surface area contributed by atoms with Gasteiger partial charge in [0.2, 0.25) is 0 Å². The molecule has 0 saturated heterocycles. The summed E-state index contributed by atoms with van der Waals surface area (Å²) in [4.78, 5) is 16.3. The van der Waals surface area contributed by atoms with Gasteiger partial charge in [0.15, 0.2) is 5.78 Å². The van der Waals surface area contributed by atoms with Crippen LogP contribution in [0.3, 0.4) is 0 Å². The predicted octanol–water partition coefficient (Wildman–Crippen LogP) is 2.82. The van der Waals surface area contributed by atoms with E-state index < -0.39 is 0 Å². The van der Waals surface area contributed by atoms with Crippen molar-refractivity contribution in [3.05, 3.63) is 59.4 Å². The van der Waals surface area contributed by atoms with Gasteiger partial charge in [-0.3, -0.25) is 9.78 Å². The first kappa shape index (κ1) is 12.3. The monoisotopic (exact) mass is 241 g/mol. The standard InChI is InChI=1S/C15H15NO2/c1-11-9-13(18-2)6-7-14(11)15(17)10-12-5-3-4-8-16-12/h3-9H,10H2,1-2H3. The van der Waals surface area contributed by atoms with Crippen molar-refractivity contribution in [2.24, 2.45) is 0 Å². The molecule has 0 aliphatic carbocycles. The van der Waals surface area contributed by atoms with Gasteiger partial charge in [0.25, 0.3) is 0 Å². The Morgan fingerprint density at radius 3 is 2.72 bits per heavy atom. The van der Waals surface area contributed by atoms with E-state index in [1.165, 1.54) is 0 Å². The van der Waals surface area contributed by atoms with Crippen LogP contribution in [0.4, 0.5) is 0 Å². The number of carbonyl (C=O) groups excluding carboxylic acids is 1. The molecule has 0 saturated carbocycles. The lowest BCUT2D eigenvalue weighted by Gasteiger charge is -2.07. The van der Waals surface area contributed by atoms with Gasteiger partial charge in [-0.1, -0.05) is 6.07 Å². The van der Waals surface area contributed by atoms with Crippen molar-refractivity contribution in [2.45, 2.75) is 13.3 Å². The second-order valence-corrected chi connectivity index (χ2v) is 4.10. The topological polar surface area (TPSA) is 39.2 Å². The summed E-state index contributed by atoms with van der Waals surface area (Å²) < 4.78 is 5.12. The van der Waals surface area contributed by atoms with Crippen LogP contribution in [0, 0.1) is 6.92 Å². The van der Waals surface area contributed by atoms with Gasteiger partial charge in [-0.15, -0.1) is 0 Å². The van der Waals surface area contributed by atoms with E-state index in [0.717, 1.165) is 22.6 Å². The van der Waals surface area contributed by atoms with E-state index in [0.29, 0.717) is 6.42 Å². The maximum atomic E-state index is 12.2. The largest absolute Gasteiger partial charge is 0.497 e. The molecule has 2 rings (SSSR count). The van der Waals surface area contributed by atoms with Crippen molar-refractivity contribution in [1.29, 1.82) is 0 Å². The first-order valence-corrected chi connectivity index (χ1v) is 5.78. The van der Waals surface area contributed by atoms with E-state index in [9.17, 15) is 4.79 Å². The number of Topliss-reactive ketones (excluding diaryl/α,β-unsaturated/α-hetero) is 1. The van der Waals surface area contributed by atoms with Crippen LogP contribution in [-0.2, 0) is 6.42 Å². The molecule has 2 aromatic rings. The average Bonchev–Trinajstić information content (AvgIpc) is 2.39. The normalized spacial score (nSPS) is 10.1. The van der Waals surface area contributed by atoms with E-state index in [4.69, 9.17) is 4.74 Å². The van der Waals surface area contributed by atoms with Crippen LogP contribution in [0.2, 0.25) is 0 Å². The van der Waals surface area contributed by atoms with E-state index in [2.05, 4.69) is 4.98 Å². The number of aryl methyl sites for hydroxylation is 1. The summed E-state index contributed by atoms with van der Waals surface area (Å²) in [6.07, 6.45) is 2.03. The van der Waals surface area contributed by atoms with E-state index in [-0.39, 0.29) is 5.78 Å². The van der Waals surface area contributed by atoms with Crippen LogP contribution in [-0.4, -0.2) is 17.9 Å². The van der Waals surface area contributed by atoms with Crippen molar-refractivity contribution < 1.29 is 9.53 Å². The number of methoxy groups -OCH3 is 1. The molecule has 0 amide bonds. The molecular formula is C15H15NO2. The van der Waals surface area contributed by atoms with Crippen molar-refractivity contribution in [2.75, 3.05) is 7.11 Å². The van der Waals surface area contributed by atoms with Gasteiger partial charge >= 0.3 is 0 Å². The number of ketones is 1. The molecule has 0 N–H and O–H groups in total. The Hall–Kier alpha value is -2.16. The van der Waals surface area contributed by atoms with Crippen molar-refractivity contribution >= 4 is 5.78 Å². The molecule has 18 heavy (non-hydrogen) atoms. The van der Waals surface area contributed by atoms with Crippen LogP contribution in [0.15, 0.2) is 42.6 Å². The summed E-state index contributed by atoms with van der Waals surface area (Å²) in [5.41, 5.74) is 2.44. The summed E-state index contributed by atoms with van der Waals surface area (Å²) in [6.45, 7) is 1.91. The molecule has 0 fully saturated rings. The zero-order valence-corrected chi connectivity index (χ0v) is 10.5. The zero-order chi connectivity index (χ0) is 13.0. The number of hydrogen-bond donors (Lipinski definition) is 0. The molecule has 0 bridgehead atoms. The molecule has 0 unspecified atom stereocenters. The minimum absolute atomic E-state index is 0.0776. The molecule has 3 heteroatoms. The quantitative estimate of drug-likeness (QED) is 0.773. The third-order valence-electron chi connectivity index (χ3n) is 2.80. The van der Waals surface area contributed by atoms with Crippen molar-refractivity contribution in [1.82, 2.24) is 4.98 Å². The first-order chi connectivity index (χ1) is 8.70. The lowest BCUT2D eigenvalue weighted by atomic mass is 10.0. The Balaban J connectivity index is 2.19. The number of aromatic nitrogens is 1. The minimum Gasteiger partial charge on any atom is -0.497 e. The number of carbonyl (C=O) groups is 1. The van der Waals surface area contributed by atoms with Crippen LogP contribution >= 0.6 is 0 Å². The Morgan fingerprint density at radius 2 is 2.11 bits per heavy atom. The van der Waals surface area contributed by atoms with Gasteiger partial charge in [-0.25, -0.2) is 0 Å². The summed E-state index contributed by atoms with van der Waals surface area (Å²) in [7, 11) is 1.62. The fraction of sp³-hybridized carbons (Fsp3) is 0.200. The third kappa shape index (κ3) is 2.74. The summed E-state index contributed by atoms with van der Waals surface area (Å²) in [6, 6.07) is 11.1. The van der Waals surface area contributed by atoms with Gasteiger partial charge in [0, 0.05) is 17.5 Å². The molecular weight excluding hydrogens is 226 g/mol. The predicted molar refractivity (Wildman–Crippen MR) is 70.0 cm³/mol. The summed E-state index contributed by atoms with van der Waals surface area (Å²) >= 11 is 0. The highest BCUT2D eigenvalue weighted by molar-refractivity contribution is 5.98. The Bertz CT molecular complexity index is 550. The summed E-state index contributed by atoms with van der Waals surface area (Å²) in [5.74, 6) is 0.843. The van der Waals surface area contributed by atoms with E-state index >= 15 is 0 Å². The summed E-state index contributed by atoms with van der Waals surface area (Å²) in [5, 5.41) is 0. The second-order valence-electron chi connectivity index (χ2n) is 4.10. The van der Waals surface area contributed by atoms with Gasteiger partial charge in [0.05, 0.1) is 13.5 Å². The number of pyridine rings is 1. The zero-order valence-electron chi connectivity index (χ0n) is 10.5. The molecule has 1 aromatic heterocycles. The van der Waals surface area contributed by atoms with Crippen LogP contribution in [0.5, 0.6) is 5.75 Å². The van der Waals surface area contributed by atoms with Gasteiger partial charge < -0.3 is 4.74 Å². The van der Waals surface area contributed by atoms with Gasteiger partial charge in [-0.05, 0) is 42.8 Å². The van der Waals surface area contributed by atoms with Gasteiger partial charge in [0.1, 0.15) is 5.75 Å². The maximum absolute atomic E-state index is 12.2. The number of hydrogen-bond acceptors (Lipinski definition) is 3. The Labute approximate surface area is 106 Å². The number of benzene rings is 1. The van der Waals surface area contributed by atoms with Crippen molar-refractivity contribution in [3.63, 3.8) is 0 Å². The third-order valence-corrected chi connectivity index (χ3v) is 2.80. The highest BCUT2D eigenvalue weighted by atomic mass is 16.5. The molecule has 1 aromatic carbocycles. The number of ether oxygens (including phenoxy) is 1. The van der Waals surface area contributed by atoms with Crippen LogP contribution < -0.4 is 4.74 Å². The highest BCUT2D eigenvalue weighted by Crippen LogP contribution is 2.18. The fourth-order valence-corrected chi connectivity index (χ4v) is 1.84. The minimum atomic E-state index is 0.0776. The van der Waals surface area contributed by atoms with E-state index in [1.54, 1.807) is 25.4 Å². The lowest BCUT2D eigenvalue weighted by Crippen LogP contribution is -2.06. The number of rotatable bonds is 4. The number of nitrogens with zero attached hydrogens (tertiary/aromatic N) is 1. The van der Waals surface area contributed by atoms with Gasteiger partial charge in [-0.2, -0.15) is 0 Å². The van der Waals surface area contributed by atoms with E-state index in [1.807, 2.05) is 31.2 Å². The van der Waals surface area contributed by atoms with Crippen LogP contribution in [0.25, 0.3) is 0 Å². The average molecular weight is 241 g/mol. The molecule has 92 valence electrons. The molecule has 0 atom stereocenters. The first-order valence-electron chi connectivity index (χ1n) is 5.78. The smallest absolute Gasteiger partial charge is 0.169 e. The molecule has 0 aliphatic heterocycles. The fourth-order valence-electron chi connectivity index (χ4n) is 1.84. The lowest BCUT2D eigenvalue weighted by molar-refractivity contribution is 0.0991. The molecule has 0 radical (unpaired) electrons. The van der Waals surface area contributed by atoms with Crippen molar-refractivity contribution in [3.8, 4) is 5.75 Å². The van der Waals surface area contributed by atoms with Crippen LogP contribution in [0.1, 0.15) is 21.6 Å². The SMILES string of the molecule is COc1ccc(C(=O)Cc2ccccn2)c(C)c1. The molecule has 1 heterocycles.